The molecular weight excluding hydrogens is 340 g/mol. The van der Waals surface area contributed by atoms with Crippen LogP contribution >= 0.6 is 0 Å². The maximum atomic E-state index is 14.0. The van der Waals surface area contributed by atoms with E-state index < -0.39 is 30.6 Å². The van der Waals surface area contributed by atoms with E-state index in [9.17, 15) is 22.4 Å². The summed E-state index contributed by atoms with van der Waals surface area (Å²) >= 11 is 0. The van der Waals surface area contributed by atoms with Gasteiger partial charge in [-0.3, -0.25) is 4.79 Å². The molecule has 0 bridgehead atoms. The van der Waals surface area contributed by atoms with Gasteiger partial charge in [0.1, 0.15) is 12.7 Å². The van der Waals surface area contributed by atoms with Gasteiger partial charge in [0.15, 0.2) is 11.6 Å². The van der Waals surface area contributed by atoms with Crippen molar-refractivity contribution < 1.29 is 27.1 Å². The van der Waals surface area contributed by atoms with E-state index in [-0.39, 0.29) is 16.9 Å². The first kappa shape index (κ1) is 17.1. The lowest BCUT2D eigenvalue weighted by molar-refractivity contribution is -0.144. The number of methoxy groups -OCH3 is 1. The Morgan fingerprint density at radius 2 is 1.92 bits per heavy atom. The number of carbonyl (C=O) groups is 1. The molecule has 2 aromatic carbocycles. The van der Waals surface area contributed by atoms with Gasteiger partial charge < -0.3 is 15.0 Å². The lowest BCUT2D eigenvalue weighted by atomic mass is 10.0. The third-order valence-corrected chi connectivity index (χ3v) is 3.86. The standard InChI is InChI=1S/C17H14F4N2O2/c1-25-14-7-6-10(8-12(14)18)15-22-13-5-3-2-4-11(13)16(24)23(15)9-17(19,20)21/h2-8,15,22H,9H2,1H3/t15-/m0/s1. The lowest BCUT2D eigenvalue weighted by Gasteiger charge is -2.38. The molecule has 25 heavy (non-hydrogen) atoms. The summed E-state index contributed by atoms with van der Waals surface area (Å²) in [5.41, 5.74) is 0.717. The highest BCUT2D eigenvalue weighted by Crippen LogP contribution is 2.36. The highest BCUT2D eigenvalue weighted by molar-refractivity contribution is 6.01. The fraction of sp³-hybridized carbons (Fsp3) is 0.235. The minimum absolute atomic E-state index is 0.0337. The molecule has 1 N–H and O–H groups in total. The highest BCUT2D eigenvalue weighted by atomic mass is 19.4. The number of rotatable bonds is 3. The van der Waals surface area contributed by atoms with Gasteiger partial charge in [-0.15, -0.1) is 0 Å². The predicted molar refractivity (Wildman–Crippen MR) is 82.8 cm³/mol. The molecule has 0 saturated heterocycles. The number of hydrogen-bond acceptors (Lipinski definition) is 3. The molecule has 1 aliphatic rings. The summed E-state index contributed by atoms with van der Waals surface area (Å²) in [5.74, 6) is -1.53. The zero-order valence-corrected chi connectivity index (χ0v) is 13.1. The molecule has 1 atom stereocenters. The topological polar surface area (TPSA) is 41.6 Å². The van der Waals surface area contributed by atoms with Crippen molar-refractivity contribution in [2.24, 2.45) is 0 Å². The quantitative estimate of drug-likeness (QED) is 0.849. The summed E-state index contributed by atoms with van der Waals surface area (Å²) in [7, 11) is 1.28. The van der Waals surface area contributed by atoms with Crippen molar-refractivity contribution >= 4 is 11.6 Å². The van der Waals surface area contributed by atoms with Crippen LogP contribution in [0.4, 0.5) is 23.2 Å². The third kappa shape index (κ3) is 3.38. The van der Waals surface area contributed by atoms with Gasteiger partial charge in [-0.1, -0.05) is 18.2 Å². The van der Waals surface area contributed by atoms with E-state index in [1.165, 1.54) is 25.3 Å². The summed E-state index contributed by atoms with van der Waals surface area (Å²) in [6, 6.07) is 10.0. The van der Waals surface area contributed by atoms with Crippen LogP contribution in [0, 0.1) is 5.82 Å². The second kappa shape index (κ2) is 6.27. The van der Waals surface area contributed by atoms with Gasteiger partial charge in [0.2, 0.25) is 0 Å². The number of anilines is 1. The molecule has 0 spiro atoms. The van der Waals surface area contributed by atoms with Gasteiger partial charge >= 0.3 is 6.18 Å². The van der Waals surface area contributed by atoms with Crippen LogP contribution in [0.15, 0.2) is 42.5 Å². The van der Waals surface area contributed by atoms with Gasteiger partial charge in [0.05, 0.1) is 12.7 Å². The van der Waals surface area contributed by atoms with Crippen molar-refractivity contribution in [1.29, 1.82) is 0 Å². The Bertz CT molecular complexity index is 807. The first-order valence-corrected chi connectivity index (χ1v) is 7.37. The zero-order valence-electron chi connectivity index (χ0n) is 13.1. The molecule has 132 valence electrons. The Labute approximate surface area is 141 Å². The van der Waals surface area contributed by atoms with E-state index in [1.807, 2.05) is 0 Å². The van der Waals surface area contributed by atoms with Crippen LogP contribution in [0.1, 0.15) is 22.1 Å². The predicted octanol–water partition coefficient (Wildman–Crippen LogP) is 3.96. The van der Waals surface area contributed by atoms with Crippen LogP contribution in [0.2, 0.25) is 0 Å². The number of halogens is 4. The molecule has 0 radical (unpaired) electrons. The molecule has 2 aromatic rings. The van der Waals surface area contributed by atoms with Crippen molar-refractivity contribution in [3.63, 3.8) is 0 Å². The monoisotopic (exact) mass is 354 g/mol. The number of carbonyl (C=O) groups excluding carboxylic acids is 1. The van der Waals surface area contributed by atoms with Crippen molar-refractivity contribution in [2.45, 2.75) is 12.3 Å². The molecule has 0 unspecified atom stereocenters. The van der Waals surface area contributed by atoms with Crippen LogP contribution in [0.5, 0.6) is 5.75 Å². The fourth-order valence-electron chi connectivity index (χ4n) is 2.76. The van der Waals surface area contributed by atoms with E-state index in [1.54, 1.807) is 18.2 Å². The maximum absolute atomic E-state index is 14.0. The largest absolute Gasteiger partial charge is 0.494 e. The maximum Gasteiger partial charge on any atom is 0.406 e. The Balaban J connectivity index is 2.05. The summed E-state index contributed by atoms with van der Waals surface area (Å²) in [4.78, 5) is 13.2. The fourth-order valence-corrected chi connectivity index (χ4v) is 2.76. The Morgan fingerprint density at radius 3 is 2.56 bits per heavy atom. The van der Waals surface area contributed by atoms with Crippen LogP contribution < -0.4 is 10.1 Å². The van der Waals surface area contributed by atoms with E-state index >= 15 is 0 Å². The number of hydrogen-bond donors (Lipinski definition) is 1. The molecule has 8 heteroatoms. The third-order valence-electron chi connectivity index (χ3n) is 3.86. The highest BCUT2D eigenvalue weighted by Gasteiger charge is 2.40. The van der Waals surface area contributed by atoms with Crippen LogP contribution in [-0.2, 0) is 0 Å². The normalized spacial score (nSPS) is 17.1. The van der Waals surface area contributed by atoms with Crippen molar-refractivity contribution in [1.82, 2.24) is 4.90 Å². The Kier molecular flexibility index (Phi) is 4.28. The van der Waals surface area contributed by atoms with Crippen molar-refractivity contribution in [3.8, 4) is 5.75 Å². The lowest BCUT2D eigenvalue weighted by Crippen LogP contribution is -2.47. The SMILES string of the molecule is COc1ccc([C@H]2Nc3ccccc3C(=O)N2CC(F)(F)F)cc1F. The summed E-state index contributed by atoms with van der Waals surface area (Å²) < 4.78 is 57.7. The minimum Gasteiger partial charge on any atom is -0.494 e. The minimum atomic E-state index is -4.59. The van der Waals surface area contributed by atoms with Crippen LogP contribution in [-0.4, -0.2) is 30.6 Å². The number of fused-ring (bicyclic) bond motifs is 1. The number of nitrogens with one attached hydrogen (secondary N) is 1. The molecule has 0 aromatic heterocycles. The number of para-hydroxylation sites is 1. The van der Waals surface area contributed by atoms with Gasteiger partial charge in [-0.05, 0) is 29.8 Å². The van der Waals surface area contributed by atoms with Crippen molar-refractivity contribution in [3.05, 3.63) is 59.4 Å². The average Bonchev–Trinajstić information content (AvgIpc) is 2.56. The van der Waals surface area contributed by atoms with Gasteiger partial charge in [0, 0.05) is 5.69 Å². The Hall–Kier alpha value is -2.77. The van der Waals surface area contributed by atoms with E-state index in [0.717, 1.165) is 6.07 Å². The van der Waals surface area contributed by atoms with Crippen molar-refractivity contribution in [2.75, 3.05) is 19.0 Å². The van der Waals surface area contributed by atoms with Gasteiger partial charge in [-0.25, -0.2) is 4.39 Å². The molecule has 0 aliphatic carbocycles. The first-order valence-electron chi connectivity index (χ1n) is 7.37. The van der Waals surface area contributed by atoms with Crippen LogP contribution in [0.25, 0.3) is 0 Å². The zero-order chi connectivity index (χ0) is 18.2. The molecule has 1 heterocycles. The number of nitrogens with zero attached hydrogens (tertiary/aromatic N) is 1. The number of ether oxygens (including phenoxy) is 1. The van der Waals surface area contributed by atoms with E-state index in [4.69, 9.17) is 4.74 Å². The first-order chi connectivity index (χ1) is 11.8. The molecule has 1 amide bonds. The molecule has 0 fully saturated rings. The molecule has 3 rings (SSSR count). The smallest absolute Gasteiger partial charge is 0.406 e. The number of amides is 1. The number of benzene rings is 2. The van der Waals surface area contributed by atoms with E-state index in [0.29, 0.717) is 10.6 Å². The molecule has 0 saturated carbocycles. The van der Waals surface area contributed by atoms with E-state index in [2.05, 4.69) is 5.32 Å². The average molecular weight is 354 g/mol. The second-order valence-electron chi connectivity index (χ2n) is 5.53. The summed E-state index contributed by atoms with van der Waals surface area (Å²) in [5, 5.41) is 2.88. The van der Waals surface area contributed by atoms with Gasteiger partial charge in [-0.2, -0.15) is 13.2 Å². The molecule has 1 aliphatic heterocycles. The Morgan fingerprint density at radius 1 is 1.20 bits per heavy atom. The van der Waals surface area contributed by atoms with Gasteiger partial charge in [0.25, 0.3) is 5.91 Å². The summed E-state index contributed by atoms with van der Waals surface area (Å²) in [6.07, 6.45) is -5.74. The summed E-state index contributed by atoms with van der Waals surface area (Å²) in [6.45, 7) is -1.45. The second-order valence-corrected chi connectivity index (χ2v) is 5.53. The van der Waals surface area contributed by atoms with Crippen LogP contribution in [0.3, 0.4) is 0 Å². The number of alkyl halides is 3. The molecular formula is C17H14F4N2O2. The molecule has 4 nitrogen and oxygen atoms in total.